The summed E-state index contributed by atoms with van der Waals surface area (Å²) >= 11 is 17.4. The van der Waals surface area contributed by atoms with E-state index in [0.717, 1.165) is 0 Å². The highest BCUT2D eigenvalue weighted by Gasteiger charge is 2.35. The summed E-state index contributed by atoms with van der Waals surface area (Å²) in [4.78, 5) is 45.4. The Balaban J connectivity index is 1.62. The van der Waals surface area contributed by atoms with Crippen molar-refractivity contribution >= 4 is 75.0 Å². The van der Waals surface area contributed by atoms with Crippen LogP contribution in [0.25, 0.3) is 17.0 Å². The third-order valence-corrected chi connectivity index (χ3v) is 7.14. The Morgan fingerprint density at radius 3 is 2.41 bits per heavy atom. The first-order chi connectivity index (χ1) is 17.6. The first-order valence-electron chi connectivity index (χ1n) is 11.1. The van der Waals surface area contributed by atoms with Crippen LogP contribution in [0, 0.1) is 20.8 Å². The number of halogens is 2. The summed E-state index contributed by atoms with van der Waals surface area (Å²) in [5, 5.41) is 3.53. The molecule has 2 amide bonds. The van der Waals surface area contributed by atoms with Crippen LogP contribution in [0.1, 0.15) is 22.8 Å². The summed E-state index contributed by atoms with van der Waals surface area (Å²) in [6, 6.07) is 13.5. The van der Waals surface area contributed by atoms with E-state index < -0.39 is 11.8 Å². The molecule has 186 valence electrons. The minimum atomic E-state index is -0.628. The lowest BCUT2D eigenvalue weighted by Crippen LogP contribution is -2.54. The van der Waals surface area contributed by atoms with Gasteiger partial charge in [-0.05, 0) is 81.0 Å². The van der Waals surface area contributed by atoms with Gasteiger partial charge in [0, 0.05) is 11.4 Å². The van der Waals surface area contributed by atoms with E-state index in [9.17, 15) is 14.4 Å². The summed E-state index contributed by atoms with van der Waals surface area (Å²) < 4.78 is 3.20. The minimum Gasteiger partial charge on any atom is -0.298 e. The first-order valence-corrected chi connectivity index (χ1v) is 12.3. The van der Waals surface area contributed by atoms with Crippen LogP contribution >= 0.6 is 35.4 Å². The molecule has 0 bridgehead atoms. The fourth-order valence-corrected chi connectivity index (χ4v) is 4.95. The van der Waals surface area contributed by atoms with Gasteiger partial charge >= 0.3 is 0 Å². The van der Waals surface area contributed by atoms with Crippen LogP contribution in [0.2, 0.25) is 10.0 Å². The van der Waals surface area contributed by atoms with Crippen LogP contribution in [0.4, 0.5) is 5.69 Å². The first kappa shape index (κ1) is 24.9. The third kappa shape index (κ3) is 4.15. The number of benzene rings is 2. The van der Waals surface area contributed by atoms with Gasteiger partial charge in [0.05, 0.1) is 26.6 Å². The lowest BCUT2D eigenvalue weighted by atomic mass is 10.1. The number of hydrogen-bond donors (Lipinski definition) is 1. The van der Waals surface area contributed by atoms with Crippen LogP contribution in [-0.4, -0.2) is 31.3 Å². The van der Waals surface area contributed by atoms with Gasteiger partial charge in [-0.25, -0.2) is 4.98 Å². The number of aromatic nitrogens is 3. The molecule has 8 nitrogen and oxygen atoms in total. The van der Waals surface area contributed by atoms with Crippen molar-refractivity contribution in [2.45, 2.75) is 20.8 Å². The Kier molecular flexibility index (Phi) is 6.23. The maximum absolute atomic E-state index is 13.4. The molecule has 0 spiro atoms. The Labute approximate surface area is 226 Å². The molecule has 1 saturated heterocycles. The molecule has 4 aromatic rings. The van der Waals surface area contributed by atoms with Crippen molar-refractivity contribution in [3.8, 4) is 0 Å². The van der Waals surface area contributed by atoms with E-state index in [2.05, 4.69) is 10.3 Å². The molecule has 1 aliphatic heterocycles. The second-order valence-corrected chi connectivity index (χ2v) is 9.69. The molecule has 1 aliphatic rings. The summed E-state index contributed by atoms with van der Waals surface area (Å²) in [5.41, 5.74) is 2.55. The number of nitrogens with one attached hydrogen (secondary N) is 1. The second kappa shape index (κ2) is 9.26. The molecule has 0 unspecified atom stereocenters. The second-order valence-electron chi connectivity index (χ2n) is 8.49. The molecule has 0 aliphatic carbocycles. The smallest absolute Gasteiger partial charge is 0.280 e. The van der Waals surface area contributed by atoms with E-state index in [1.165, 1.54) is 21.7 Å². The summed E-state index contributed by atoms with van der Waals surface area (Å²) in [6.07, 6.45) is 1.48. The van der Waals surface area contributed by atoms with Gasteiger partial charge in [-0.2, -0.15) is 4.68 Å². The molecule has 11 heteroatoms. The summed E-state index contributed by atoms with van der Waals surface area (Å²) in [7, 11) is 0. The molecule has 3 heterocycles. The zero-order valence-corrected chi connectivity index (χ0v) is 22.2. The molecular weight excluding hydrogens is 533 g/mol. The predicted octanol–water partition coefficient (Wildman–Crippen LogP) is 4.57. The SMILES string of the molecule is Cc1cc(C=C2C(=O)NC(=S)N(c3ccc(Cl)c(Cl)c3)C2=O)c(C)n1-n1c(C)nc2ccccc2c1=O. The minimum absolute atomic E-state index is 0.0690. The lowest BCUT2D eigenvalue weighted by molar-refractivity contribution is -0.122. The maximum atomic E-state index is 13.4. The molecule has 0 saturated carbocycles. The Morgan fingerprint density at radius 1 is 0.946 bits per heavy atom. The molecule has 2 aromatic carbocycles. The highest BCUT2D eigenvalue weighted by molar-refractivity contribution is 7.80. The molecule has 2 aromatic heterocycles. The lowest BCUT2D eigenvalue weighted by Gasteiger charge is -2.29. The number of nitrogens with zero attached hydrogens (tertiary/aromatic N) is 4. The molecule has 1 fully saturated rings. The number of thiocarbonyl (C=S) groups is 1. The van der Waals surface area contributed by atoms with Crippen molar-refractivity contribution in [3.63, 3.8) is 0 Å². The van der Waals surface area contributed by atoms with Gasteiger partial charge in [0.1, 0.15) is 11.4 Å². The number of amides is 2. The zero-order valence-electron chi connectivity index (χ0n) is 19.9. The summed E-state index contributed by atoms with van der Waals surface area (Å²) in [6.45, 7) is 5.38. The van der Waals surface area contributed by atoms with Crippen molar-refractivity contribution in [1.82, 2.24) is 19.7 Å². The Bertz CT molecular complexity index is 1760. The van der Waals surface area contributed by atoms with Gasteiger partial charge in [0.25, 0.3) is 17.4 Å². The zero-order chi connectivity index (χ0) is 26.6. The molecule has 5 rings (SSSR count). The van der Waals surface area contributed by atoms with Crippen LogP contribution in [0.15, 0.2) is 58.9 Å². The van der Waals surface area contributed by atoms with E-state index in [4.69, 9.17) is 35.4 Å². The molecule has 1 N–H and O–H groups in total. The topological polar surface area (TPSA) is 89.2 Å². The summed E-state index contributed by atoms with van der Waals surface area (Å²) in [5.74, 6) is -0.748. The Hall–Kier alpha value is -3.79. The van der Waals surface area contributed by atoms with Crippen LogP contribution in [0.5, 0.6) is 0 Å². The molecule has 37 heavy (non-hydrogen) atoms. The number of anilines is 1. The quantitative estimate of drug-likeness (QED) is 0.229. The van der Waals surface area contributed by atoms with Crippen molar-refractivity contribution in [2.75, 3.05) is 4.90 Å². The van der Waals surface area contributed by atoms with E-state index >= 15 is 0 Å². The van der Waals surface area contributed by atoms with E-state index in [1.54, 1.807) is 54.9 Å². The van der Waals surface area contributed by atoms with Crippen molar-refractivity contribution in [1.29, 1.82) is 0 Å². The molecule has 0 radical (unpaired) electrons. The molecular formula is C26H19Cl2N5O3S. The fraction of sp³-hybridized carbons (Fsp3) is 0.115. The number of carbonyl (C=O) groups is 2. The number of hydrogen-bond acceptors (Lipinski definition) is 5. The van der Waals surface area contributed by atoms with Gasteiger partial charge in [0.2, 0.25) is 0 Å². The normalized spacial score (nSPS) is 15.1. The number of fused-ring (bicyclic) bond motifs is 1. The Morgan fingerprint density at radius 2 is 1.68 bits per heavy atom. The van der Waals surface area contributed by atoms with Gasteiger partial charge in [0.15, 0.2) is 5.11 Å². The number of para-hydroxylation sites is 1. The fourth-order valence-electron chi connectivity index (χ4n) is 4.37. The molecule has 0 atom stereocenters. The van der Waals surface area contributed by atoms with Crippen LogP contribution in [-0.2, 0) is 9.59 Å². The average Bonchev–Trinajstić information content (AvgIpc) is 3.11. The largest absolute Gasteiger partial charge is 0.298 e. The van der Waals surface area contributed by atoms with Gasteiger partial charge in [-0.1, -0.05) is 35.3 Å². The highest BCUT2D eigenvalue weighted by Crippen LogP contribution is 2.30. The predicted molar refractivity (Wildman–Crippen MR) is 148 cm³/mol. The monoisotopic (exact) mass is 551 g/mol. The number of rotatable bonds is 3. The van der Waals surface area contributed by atoms with Crippen LogP contribution in [0.3, 0.4) is 0 Å². The van der Waals surface area contributed by atoms with Crippen molar-refractivity contribution in [2.24, 2.45) is 0 Å². The van der Waals surface area contributed by atoms with E-state index in [0.29, 0.717) is 44.4 Å². The average molecular weight is 552 g/mol. The van der Waals surface area contributed by atoms with Crippen molar-refractivity contribution in [3.05, 3.63) is 97.3 Å². The maximum Gasteiger partial charge on any atom is 0.280 e. The van der Waals surface area contributed by atoms with Crippen LogP contribution < -0.4 is 15.8 Å². The standard InChI is InChI=1S/C26H19Cl2N5O3S/c1-13-10-16(14(2)32(13)33-15(3)29-22-7-5-4-6-18(22)25(33)36)11-19-23(34)30-26(37)31(24(19)35)17-8-9-20(27)21(28)12-17/h4-12H,1-3H3,(H,30,34,37). The number of carbonyl (C=O) groups excluding carboxylic acids is 2. The van der Waals surface area contributed by atoms with Gasteiger partial charge in [-0.15, -0.1) is 0 Å². The van der Waals surface area contributed by atoms with Crippen molar-refractivity contribution < 1.29 is 9.59 Å². The van der Waals surface area contributed by atoms with E-state index in [-0.39, 0.29) is 21.3 Å². The van der Waals surface area contributed by atoms with Gasteiger partial charge < -0.3 is 0 Å². The number of aryl methyl sites for hydroxylation is 2. The van der Waals surface area contributed by atoms with E-state index in [1.807, 2.05) is 13.0 Å². The highest BCUT2D eigenvalue weighted by atomic mass is 35.5. The third-order valence-electron chi connectivity index (χ3n) is 6.11. The van der Waals surface area contributed by atoms with Gasteiger partial charge in [-0.3, -0.25) is 29.3 Å².